The number of rotatable bonds is 10. The van der Waals surface area contributed by atoms with Gasteiger partial charge in [0.15, 0.2) is 23.2 Å². The van der Waals surface area contributed by atoms with Crippen LogP contribution in [0, 0.1) is 12.7 Å². The zero-order valence-electron chi connectivity index (χ0n) is 25.5. The van der Waals surface area contributed by atoms with Gasteiger partial charge in [0.05, 0.1) is 11.1 Å². The van der Waals surface area contributed by atoms with Crippen molar-refractivity contribution < 1.29 is 36.7 Å². The van der Waals surface area contributed by atoms with Crippen molar-refractivity contribution in [2.24, 2.45) is 0 Å². The first kappa shape index (κ1) is 32.2. The first-order valence-corrected chi connectivity index (χ1v) is 15.0. The SMILES string of the molecule is Cc1noc(C(Cc2ccc(-c3ccc(OCc4ccccc4)c(F)c3)cc2)C(=O)c2cc(-c3ccc(C(F)(F)F)cc3)ccc2O)n1. The number of carbonyl (C=O) groups excluding carboxylic acids is 1. The second-order valence-corrected chi connectivity index (χ2v) is 11.2. The third-order valence-corrected chi connectivity index (χ3v) is 7.86. The van der Waals surface area contributed by atoms with Gasteiger partial charge in [-0.15, -0.1) is 0 Å². The lowest BCUT2D eigenvalue weighted by Gasteiger charge is -2.15. The Hall–Kier alpha value is -5.77. The molecule has 0 saturated carbocycles. The van der Waals surface area contributed by atoms with Gasteiger partial charge in [0.1, 0.15) is 18.3 Å². The minimum absolute atomic E-state index is 0.0464. The van der Waals surface area contributed by atoms with Crippen LogP contribution < -0.4 is 4.74 Å². The molecule has 0 saturated heterocycles. The van der Waals surface area contributed by atoms with E-state index in [1.807, 2.05) is 30.3 Å². The number of ether oxygens (including phenoxy) is 1. The molecule has 0 spiro atoms. The molecule has 1 aromatic heterocycles. The number of carbonyl (C=O) groups is 1. The molecular weight excluding hydrogens is 624 g/mol. The predicted molar refractivity (Wildman–Crippen MR) is 171 cm³/mol. The number of ketones is 1. The van der Waals surface area contributed by atoms with Crippen molar-refractivity contribution in [1.82, 2.24) is 10.1 Å². The van der Waals surface area contributed by atoms with Crippen molar-refractivity contribution in [3.63, 3.8) is 0 Å². The number of aryl methyl sites for hydroxylation is 1. The van der Waals surface area contributed by atoms with Crippen molar-refractivity contribution >= 4 is 5.78 Å². The Morgan fingerprint density at radius 3 is 2.06 bits per heavy atom. The summed E-state index contributed by atoms with van der Waals surface area (Å²) < 4.78 is 65.2. The van der Waals surface area contributed by atoms with E-state index in [-0.39, 0.29) is 36.0 Å². The van der Waals surface area contributed by atoms with Gasteiger partial charge in [0.25, 0.3) is 0 Å². The van der Waals surface area contributed by atoms with E-state index in [4.69, 9.17) is 9.26 Å². The van der Waals surface area contributed by atoms with E-state index in [0.717, 1.165) is 28.8 Å². The molecule has 6 aromatic rings. The van der Waals surface area contributed by atoms with Crippen LogP contribution in [-0.4, -0.2) is 21.0 Å². The second-order valence-electron chi connectivity index (χ2n) is 11.2. The van der Waals surface area contributed by atoms with E-state index in [9.17, 15) is 27.5 Å². The summed E-state index contributed by atoms with van der Waals surface area (Å²) in [6, 6.07) is 30.2. The van der Waals surface area contributed by atoms with Gasteiger partial charge in [0.2, 0.25) is 5.89 Å². The Balaban J connectivity index is 1.22. The lowest BCUT2D eigenvalue weighted by Crippen LogP contribution is -2.16. The molecule has 242 valence electrons. The molecule has 0 amide bonds. The molecule has 0 aliphatic carbocycles. The van der Waals surface area contributed by atoms with Crippen molar-refractivity contribution in [2.45, 2.75) is 32.0 Å². The van der Waals surface area contributed by atoms with Crippen LogP contribution in [0.1, 0.15) is 44.7 Å². The maximum absolute atomic E-state index is 14.9. The zero-order chi connectivity index (χ0) is 33.8. The number of phenols is 1. The van der Waals surface area contributed by atoms with Crippen molar-refractivity contribution in [3.05, 3.63) is 155 Å². The number of aromatic hydroxyl groups is 1. The maximum atomic E-state index is 14.9. The molecule has 6 rings (SSSR count). The van der Waals surface area contributed by atoms with Crippen LogP contribution in [-0.2, 0) is 19.2 Å². The highest BCUT2D eigenvalue weighted by Crippen LogP contribution is 2.35. The van der Waals surface area contributed by atoms with Gasteiger partial charge in [-0.25, -0.2) is 4.39 Å². The maximum Gasteiger partial charge on any atom is 0.416 e. The summed E-state index contributed by atoms with van der Waals surface area (Å²) in [6.07, 6.45) is -4.36. The van der Waals surface area contributed by atoms with Crippen LogP contribution in [0.25, 0.3) is 22.3 Å². The quantitative estimate of drug-likeness (QED) is 0.117. The summed E-state index contributed by atoms with van der Waals surface area (Å²) in [6.45, 7) is 1.85. The zero-order valence-corrected chi connectivity index (χ0v) is 25.5. The minimum atomic E-state index is -4.49. The molecule has 0 fully saturated rings. The summed E-state index contributed by atoms with van der Waals surface area (Å²) in [7, 11) is 0. The van der Waals surface area contributed by atoms with Gasteiger partial charge in [-0.1, -0.05) is 84.0 Å². The molecule has 10 heteroatoms. The van der Waals surface area contributed by atoms with Crippen LogP contribution in [0.2, 0.25) is 0 Å². The lowest BCUT2D eigenvalue weighted by atomic mass is 9.88. The summed E-state index contributed by atoms with van der Waals surface area (Å²) in [5.41, 5.74) is 3.07. The van der Waals surface area contributed by atoms with E-state index in [0.29, 0.717) is 22.5 Å². The Bertz CT molecular complexity index is 2040. The van der Waals surface area contributed by atoms with E-state index in [1.54, 1.807) is 43.3 Å². The van der Waals surface area contributed by atoms with Crippen LogP contribution in [0.4, 0.5) is 17.6 Å². The highest BCUT2D eigenvalue weighted by atomic mass is 19.4. The summed E-state index contributed by atoms with van der Waals surface area (Å²) >= 11 is 0. The Kier molecular flexibility index (Phi) is 9.07. The molecule has 48 heavy (non-hydrogen) atoms. The minimum Gasteiger partial charge on any atom is -0.507 e. The number of aromatic nitrogens is 2. The molecule has 0 aliphatic rings. The highest BCUT2D eigenvalue weighted by molar-refractivity contribution is 6.03. The average molecular weight is 653 g/mol. The Labute approximate surface area is 273 Å². The highest BCUT2D eigenvalue weighted by Gasteiger charge is 2.31. The molecule has 1 unspecified atom stereocenters. The monoisotopic (exact) mass is 652 g/mol. The molecule has 1 heterocycles. The predicted octanol–water partition coefficient (Wildman–Crippen LogP) is 9.36. The number of Topliss-reactive ketones (excluding diaryl/α,β-unsaturated/α-hetero) is 1. The number of benzene rings is 5. The van der Waals surface area contributed by atoms with Gasteiger partial charge in [-0.2, -0.15) is 18.2 Å². The van der Waals surface area contributed by atoms with Crippen molar-refractivity contribution in [3.8, 4) is 33.8 Å². The molecule has 1 N–H and O–H groups in total. The fourth-order valence-electron chi connectivity index (χ4n) is 5.30. The molecular formula is C38H28F4N2O4. The third-order valence-electron chi connectivity index (χ3n) is 7.86. The van der Waals surface area contributed by atoms with Gasteiger partial charge >= 0.3 is 6.18 Å². The standard InChI is InChI=1S/C38H28F4N2O4/c1-23-43-37(48-44-23)32(36(46)31-20-28(13-17-34(31)45)27-11-15-30(16-12-27)38(40,41)42)19-24-7-9-26(10-8-24)29-14-18-35(33(39)21-29)47-22-25-5-3-2-4-6-25/h2-18,20-21,32,45H,19,22H2,1H3. The Morgan fingerprint density at radius 2 is 1.44 bits per heavy atom. The number of alkyl halides is 3. The van der Waals surface area contributed by atoms with E-state index >= 15 is 0 Å². The number of hydrogen-bond acceptors (Lipinski definition) is 6. The topological polar surface area (TPSA) is 85.5 Å². The van der Waals surface area contributed by atoms with Crippen molar-refractivity contribution in [1.29, 1.82) is 0 Å². The van der Waals surface area contributed by atoms with Crippen molar-refractivity contribution in [2.75, 3.05) is 0 Å². The molecule has 0 bridgehead atoms. The number of hydrogen-bond donors (Lipinski definition) is 1. The first-order chi connectivity index (χ1) is 23.0. The van der Waals surface area contributed by atoms with Crippen LogP contribution >= 0.6 is 0 Å². The number of phenolic OH excluding ortho intramolecular Hbond substituents is 1. The fourth-order valence-corrected chi connectivity index (χ4v) is 5.30. The summed E-state index contributed by atoms with van der Waals surface area (Å²) in [4.78, 5) is 18.2. The molecule has 1 atom stereocenters. The average Bonchev–Trinajstić information content (AvgIpc) is 3.52. The Morgan fingerprint density at radius 1 is 0.812 bits per heavy atom. The second kappa shape index (κ2) is 13.5. The normalized spacial score (nSPS) is 12.1. The summed E-state index contributed by atoms with van der Waals surface area (Å²) in [5.74, 6) is -1.78. The fraction of sp³-hybridized carbons (Fsp3) is 0.132. The van der Waals surface area contributed by atoms with Gasteiger partial charge < -0.3 is 14.4 Å². The van der Waals surface area contributed by atoms with E-state index < -0.39 is 29.3 Å². The smallest absolute Gasteiger partial charge is 0.416 e. The number of nitrogens with zero attached hydrogens (tertiary/aromatic N) is 2. The number of halogens is 4. The lowest BCUT2D eigenvalue weighted by molar-refractivity contribution is -0.137. The molecule has 0 aliphatic heterocycles. The van der Waals surface area contributed by atoms with E-state index in [2.05, 4.69) is 10.1 Å². The molecule has 0 radical (unpaired) electrons. The van der Waals surface area contributed by atoms with E-state index in [1.165, 1.54) is 36.4 Å². The van der Waals surface area contributed by atoms with Gasteiger partial charge in [0, 0.05) is 0 Å². The van der Waals surface area contributed by atoms with Crippen LogP contribution in [0.5, 0.6) is 11.5 Å². The molecule has 6 nitrogen and oxygen atoms in total. The molecule has 5 aromatic carbocycles. The first-order valence-electron chi connectivity index (χ1n) is 15.0. The van der Waals surface area contributed by atoms with Gasteiger partial charge in [-0.05, 0) is 83.1 Å². The van der Waals surface area contributed by atoms with Crippen LogP contribution in [0.15, 0.2) is 120 Å². The van der Waals surface area contributed by atoms with Crippen LogP contribution in [0.3, 0.4) is 0 Å². The largest absolute Gasteiger partial charge is 0.507 e. The summed E-state index contributed by atoms with van der Waals surface area (Å²) in [5, 5.41) is 14.5. The van der Waals surface area contributed by atoms with Gasteiger partial charge in [-0.3, -0.25) is 4.79 Å². The third kappa shape index (κ3) is 7.28.